The van der Waals surface area contributed by atoms with Gasteiger partial charge in [-0.15, -0.1) is 0 Å². The smallest absolute Gasteiger partial charge is 0.165 e. The lowest BCUT2D eigenvalue weighted by molar-refractivity contribution is 0.284. The highest BCUT2D eigenvalue weighted by molar-refractivity contribution is 5.48. The lowest BCUT2D eigenvalue weighted by Crippen LogP contribution is -2.16. The van der Waals surface area contributed by atoms with Crippen molar-refractivity contribution in [1.82, 2.24) is 0 Å². The largest absolute Gasteiger partial charge is 0.490 e. The van der Waals surface area contributed by atoms with Gasteiger partial charge in [-0.25, -0.2) is 4.39 Å². The fourth-order valence-corrected chi connectivity index (χ4v) is 2.35. The summed E-state index contributed by atoms with van der Waals surface area (Å²) in [5.41, 5.74) is 8.23. The first kappa shape index (κ1) is 16.3. The third-order valence-electron chi connectivity index (χ3n) is 3.70. The van der Waals surface area contributed by atoms with Crippen molar-refractivity contribution in [2.45, 2.75) is 12.3 Å². The van der Waals surface area contributed by atoms with Gasteiger partial charge in [0.15, 0.2) is 11.6 Å². The SMILES string of the molecule is CN(C)c1cccc(C(CN)CCOc2ccccc2F)c1. The second-order valence-corrected chi connectivity index (χ2v) is 5.49. The van der Waals surface area contributed by atoms with Crippen molar-refractivity contribution in [3.8, 4) is 5.75 Å². The van der Waals surface area contributed by atoms with Crippen LogP contribution in [-0.4, -0.2) is 27.2 Å². The molecule has 0 heterocycles. The molecule has 4 heteroatoms. The zero-order valence-electron chi connectivity index (χ0n) is 13.1. The van der Waals surface area contributed by atoms with Crippen LogP contribution in [0.15, 0.2) is 48.5 Å². The van der Waals surface area contributed by atoms with Gasteiger partial charge in [0.1, 0.15) is 0 Å². The van der Waals surface area contributed by atoms with E-state index in [0.29, 0.717) is 18.9 Å². The summed E-state index contributed by atoms with van der Waals surface area (Å²) in [6.07, 6.45) is 0.752. The molecule has 118 valence electrons. The maximum Gasteiger partial charge on any atom is 0.165 e. The van der Waals surface area contributed by atoms with E-state index in [1.165, 1.54) is 11.6 Å². The molecular weight excluding hydrogens is 279 g/mol. The monoisotopic (exact) mass is 302 g/mol. The molecule has 0 aliphatic heterocycles. The van der Waals surface area contributed by atoms with Crippen molar-refractivity contribution in [2.75, 3.05) is 32.1 Å². The molecule has 1 unspecified atom stereocenters. The van der Waals surface area contributed by atoms with E-state index in [-0.39, 0.29) is 11.7 Å². The van der Waals surface area contributed by atoms with E-state index in [9.17, 15) is 4.39 Å². The average molecular weight is 302 g/mol. The van der Waals surface area contributed by atoms with E-state index in [1.807, 2.05) is 20.2 Å². The molecule has 1 atom stereocenters. The predicted molar refractivity (Wildman–Crippen MR) is 89.1 cm³/mol. The highest BCUT2D eigenvalue weighted by Gasteiger charge is 2.12. The van der Waals surface area contributed by atoms with Crippen molar-refractivity contribution in [2.24, 2.45) is 5.73 Å². The minimum absolute atomic E-state index is 0.201. The standard InChI is InChI=1S/C18H23FN2O/c1-21(2)16-7-5-6-14(12-16)15(13-20)10-11-22-18-9-4-3-8-17(18)19/h3-9,12,15H,10-11,13,20H2,1-2H3. The predicted octanol–water partition coefficient (Wildman–Crippen LogP) is 3.40. The summed E-state index contributed by atoms with van der Waals surface area (Å²) in [7, 11) is 4.02. The van der Waals surface area contributed by atoms with Gasteiger partial charge in [0.2, 0.25) is 0 Å². The third-order valence-corrected chi connectivity index (χ3v) is 3.70. The Kier molecular flexibility index (Phi) is 5.78. The van der Waals surface area contributed by atoms with Gasteiger partial charge in [0, 0.05) is 19.8 Å². The molecule has 0 fully saturated rings. The normalized spacial score (nSPS) is 12.0. The number of benzene rings is 2. The van der Waals surface area contributed by atoms with E-state index < -0.39 is 0 Å². The van der Waals surface area contributed by atoms with Crippen LogP contribution in [0.3, 0.4) is 0 Å². The Hall–Kier alpha value is -2.07. The highest BCUT2D eigenvalue weighted by atomic mass is 19.1. The Labute approximate surface area is 131 Å². The molecule has 3 nitrogen and oxygen atoms in total. The number of hydrogen-bond donors (Lipinski definition) is 1. The van der Waals surface area contributed by atoms with Crippen molar-refractivity contribution < 1.29 is 9.13 Å². The maximum atomic E-state index is 13.5. The van der Waals surface area contributed by atoms with Crippen molar-refractivity contribution in [3.63, 3.8) is 0 Å². The van der Waals surface area contributed by atoms with E-state index in [4.69, 9.17) is 10.5 Å². The van der Waals surface area contributed by atoms with Crippen LogP contribution in [0.4, 0.5) is 10.1 Å². The Morgan fingerprint density at radius 3 is 2.59 bits per heavy atom. The lowest BCUT2D eigenvalue weighted by atomic mass is 9.95. The quantitative estimate of drug-likeness (QED) is 0.852. The molecule has 2 aromatic rings. The van der Waals surface area contributed by atoms with Crippen molar-refractivity contribution >= 4 is 5.69 Å². The molecule has 2 aromatic carbocycles. The van der Waals surface area contributed by atoms with Crippen LogP contribution in [0.2, 0.25) is 0 Å². The third kappa shape index (κ3) is 4.21. The molecule has 0 saturated carbocycles. The molecular formula is C18H23FN2O. The minimum Gasteiger partial charge on any atom is -0.490 e. The number of rotatable bonds is 7. The van der Waals surface area contributed by atoms with Gasteiger partial charge in [-0.1, -0.05) is 24.3 Å². The van der Waals surface area contributed by atoms with E-state index in [0.717, 1.165) is 12.1 Å². The zero-order valence-corrected chi connectivity index (χ0v) is 13.1. The number of anilines is 1. The van der Waals surface area contributed by atoms with Gasteiger partial charge in [0.25, 0.3) is 0 Å². The molecule has 0 aromatic heterocycles. The number of halogens is 1. The zero-order chi connectivity index (χ0) is 15.9. The highest BCUT2D eigenvalue weighted by Crippen LogP contribution is 2.24. The molecule has 0 aliphatic carbocycles. The van der Waals surface area contributed by atoms with Gasteiger partial charge < -0.3 is 15.4 Å². The summed E-state index contributed by atoms with van der Waals surface area (Å²) in [4.78, 5) is 2.06. The maximum absolute atomic E-state index is 13.5. The topological polar surface area (TPSA) is 38.5 Å². The van der Waals surface area contributed by atoms with Crippen LogP contribution in [0.25, 0.3) is 0 Å². The number of nitrogens with two attached hydrogens (primary N) is 1. The van der Waals surface area contributed by atoms with E-state index in [1.54, 1.807) is 18.2 Å². The van der Waals surface area contributed by atoms with Crippen molar-refractivity contribution in [3.05, 3.63) is 59.9 Å². The summed E-state index contributed by atoms with van der Waals surface area (Å²) in [6.45, 7) is 0.979. The molecule has 0 bridgehead atoms. The fourth-order valence-electron chi connectivity index (χ4n) is 2.35. The van der Waals surface area contributed by atoms with Gasteiger partial charge in [-0.05, 0) is 48.7 Å². The lowest BCUT2D eigenvalue weighted by Gasteiger charge is -2.19. The Morgan fingerprint density at radius 2 is 1.91 bits per heavy atom. The van der Waals surface area contributed by atoms with Crippen LogP contribution in [0, 0.1) is 5.82 Å². The van der Waals surface area contributed by atoms with Crippen LogP contribution in [-0.2, 0) is 0 Å². The van der Waals surface area contributed by atoms with E-state index in [2.05, 4.69) is 23.1 Å². The van der Waals surface area contributed by atoms with Crippen LogP contribution in [0.1, 0.15) is 17.9 Å². The summed E-state index contributed by atoms with van der Waals surface area (Å²) in [5.74, 6) is 0.161. The molecule has 0 saturated heterocycles. The number of nitrogens with zero attached hydrogens (tertiary/aromatic N) is 1. The summed E-state index contributed by atoms with van der Waals surface area (Å²) >= 11 is 0. The second kappa shape index (κ2) is 7.80. The molecule has 0 amide bonds. The van der Waals surface area contributed by atoms with Crippen LogP contribution in [0.5, 0.6) is 5.75 Å². The van der Waals surface area contributed by atoms with Gasteiger partial charge in [0.05, 0.1) is 6.61 Å². The Morgan fingerprint density at radius 1 is 1.14 bits per heavy atom. The molecule has 0 aliphatic rings. The number of para-hydroxylation sites is 1. The number of ether oxygens (including phenoxy) is 1. The average Bonchev–Trinajstić information content (AvgIpc) is 2.53. The Bertz CT molecular complexity index is 601. The van der Waals surface area contributed by atoms with Gasteiger partial charge in [-0.2, -0.15) is 0 Å². The minimum atomic E-state index is -0.332. The summed E-state index contributed by atoms with van der Waals surface area (Å²) in [6, 6.07) is 14.8. The second-order valence-electron chi connectivity index (χ2n) is 5.49. The van der Waals surface area contributed by atoms with Gasteiger partial charge >= 0.3 is 0 Å². The van der Waals surface area contributed by atoms with Crippen molar-refractivity contribution in [1.29, 1.82) is 0 Å². The fraction of sp³-hybridized carbons (Fsp3) is 0.333. The molecule has 2 rings (SSSR count). The number of hydrogen-bond acceptors (Lipinski definition) is 3. The molecule has 0 spiro atoms. The van der Waals surface area contributed by atoms with Crippen LogP contribution >= 0.6 is 0 Å². The molecule has 2 N–H and O–H groups in total. The first-order valence-electron chi connectivity index (χ1n) is 7.46. The first-order chi connectivity index (χ1) is 10.6. The summed E-state index contributed by atoms with van der Waals surface area (Å²) < 4.78 is 19.0. The van der Waals surface area contributed by atoms with Gasteiger partial charge in [-0.3, -0.25) is 0 Å². The Balaban J connectivity index is 1.98. The molecule has 0 radical (unpaired) electrons. The summed E-state index contributed by atoms with van der Waals surface area (Å²) in [5, 5.41) is 0. The van der Waals surface area contributed by atoms with Crippen LogP contribution < -0.4 is 15.4 Å². The molecule has 22 heavy (non-hydrogen) atoms. The first-order valence-corrected chi connectivity index (χ1v) is 7.46. The van der Waals surface area contributed by atoms with E-state index >= 15 is 0 Å².